The first-order chi connectivity index (χ1) is 24.7. The topological polar surface area (TPSA) is 94.9 Å². The molecule has 1 aliphatic rings. The van der Waals surface area contributed by atoms with E-state index < -0.39 is 29.9 Å². The molecule has 6 rings (SSSR count). The van der Waals surface area contributed by atoms with Crippen LogP contribution < -0.4 is 0 Å². The third-order valence-corrected chi connectivity index (χ3v) is 9.62. The van der Waals surface area contributed by atoms with Crippen molar-refractivity contribution >= 4 is 29.1 Å². The fourth-order valence-electron chi connectivity index (χ4n) is 5.67. The normalized spacial score (nSPS) is 20.2. The van der Waals surface area contributed by atoms with E-state index in [1.165, 1.54) is 0 Å². The van der Waals surface area contributed by atoms with Crippen molar-refractivity contribution in [2.24, 2.45) is 5.11 Å². The highest BCUT2D eigenvalue weighted by Gasteiger charge is 2.49. The molecule has 8 nitrogen and oxygen atoms in total. The maximum Gasteiger partial charge on any atom is 0.137 e. The van der Waals surface area contributed by atoms with Crippen LogP contribution in [0.5, 0.6) is 0 Å². The van der Waals surface area contributed by atoms with Crippen LogP contribution >= 0.6 is 23.4 Å². The van der Waals surface area contributed by atoms with Crippen molar-refractivity contribution in [2.75, 3.05) is 6.61 Å². The molecule has 10 heteroatoms. The number of hydrogen-bond acceptors (Lipinski definition) is 7. The summed E-state index contributed by atoms with van der Waals surface area (Å²) in [5, 5.41) is 3.99. The Balaban J connectivity index is 1.30. The molecule has 0 N–H and O–H groups in total. The van der Waals surface area contributed by atoms with Crippen LogP contribution in [0.1, 0.15) is 22.3 Å². The lowest BCUT2D eigenvalue weighted by atomic mass is 9.98. The van der Waals surface area contributed by atoms with Gasteiger partial charge in [0.05, 0.1) is 43.7 Å². The SMILES string of the molecule is [N-]=[N+]=Nc1ccc(COC[C@H]2OC(Sc3ccccc3)[C@H](OCc3ccccc3)[C@@H](OCc3ccccc3)[C@@H]2OCc2ccccc2)cc1Cl. The molecule has 5 atom stereocenters. The van der Waals surface area contributed by atoms with Crippen LogP contribution in [-0.4, -0.2) is 36.5 Å². The smallest absolute Gasteiger partial charge is 0.137 e. The molecule has 0 spiro atoms. The van der Waals surface area contributed by atoms with Gasteiger partial charge in [-0.05, 0) is 46.0 Å². The van der Waals surface area contributed by atoms with E-state index in [0.717, 1.165) is 27.1 Å². The third-order valence-electron chi connectivity index (χ3n) is 8.16. The standard InChI is InChI=1S/C40H38ClN3O5S/c41-34-23-32(21-22-35(34)43-44-42)24-45-28-36-37(46-25-29-13-5-1-6-14-29)38(47-26-30-15-7-2-8-16-30)39(48-27-31-17-9-3-10-18-31)40(49-36)50-33-19-11-4-12-20-33/h1-23,36-40H,24-28H2/t36-,37-,38+,39-,40?/m1/s1. The van der Waals surface area contributed by atoms with Gasteiger partial charge in [-0.25, -0.2) is 0 Å². The molecule has 1 heterocycles. The van der Waals surface area contributed by atoms with Crippen molar-refractivity contribution in [2.45, 2.75) is 61.2 Å². The van der Waals surface area contributed by atoms with Gasteiger partial charge in [0.15, 0.2) is 0 Å². The van der Waals surface area contributed by atoms with Crippen LogP contribution in [0.3, 0.4) is 0 Å². The second kappa shape index (κ2) is 18.7. The van der Waals surface area contributed by atoms with Gasteiger partial charge >= 0.3 is 0 Å². The first kappa shape index (κ1) is 35.7. The van der Waals surface area contributed by atoms with E-state index >= 15 is 0 Å². The number of nitrogens with zero attached hydrogens (tertiary/aromatic N) is 3. The van der Waals surface area contributed by atoms with E-state index in [1.807, 2.05) is 115 Å². The van der Waals surface area contributed by atoms with Gasteiger partial charge in [-0.1, -0.05) is 150 Å². The van der Waals surface area contributed by atoms with Crippen molar-refractivity contribution in [3.8, 4) is 0 Å². The van der Waals surface area contributed by atoms with Gasteiger partial charge in [0, 0.05) is 9.81 Å². The summed E-state index contributed by atoms with van der Waals surface area (Å²) in [5.41, 5.74) is 12.7. The van der Waals surface area contributed by atoms with Crippen LogP contribution in [-0.2, 0) is 50.1 Å². The number of ether oxygens (including phenoxy) is 5. The summed E-state index contributed by atoms with van der Waals surface area (Å²) in [7, 11) is 0. The molecular formula is C40H38ClN3O5S. The molecule has 0 radical (unpaired) electrons. The molecular weight excluding hydrogens is 670 g/mol. The van der Waals surface area contributed by atoms with E-state index in [2.05, 4.69) is 22.2 Å². The van der Waals surface area contributed by atoms with Crippen LogP contribution in [0.15, 0.2) is 150 Å². The van der Waals surface area contributed by atoms with Crippen LogP contribution in [0.2, 0.25) is 5.02 Å². The number of halogens is 1. The Hall–Kier alpha value is -4.15. The second-order valence-corrected chi connectivity index (χ2v) is 13.3. The molecule has 1 unspecified atom stereocenters. The van der Waals surface area contributed by atoms with Gasteiger partial charge in [0.25, 0.3) is 0 Å². The molecule has 1 fully saturated rings. The van der Waals surface area contributed by atoms with E-state index in [-0.39, 0.29) is 13.2 Å². The molecule has 0 amide bonds. The van der Waals surface area contributed by atoms with Crippen molar-refractivity contribution in [3.05, 3.63) is 177 Å². The Labute approximate surface area is 301 Å². The highest BCUT2D eigenvalue weighted by molar-refractivity contribution is 7.99. The average molecular weight is 708 g/mol. The summed E-state index contributed by atoms with van der Waals surface area (Å²) in [6.45, 7) is 1.59. The van der Waals surface area contributed by atoms with Crippen molar-refractivity contribution in [1.29, 1.82) is 0 Å². The third kappa shape index (κ3) is 10.2. The van der Waals surface area contributed by atoms with Crippen molar-refractivity contribution < 1.29 is 23.7 Å². The zero-order valence-corrected chi connectivity index (χ0v) is 28.9. The summed E-state index contributed by atoms with van der Waals surface area (Å²) >= 11 is 7.95. The molecule has 0 bridgehead atoms. The summed E-state index contributed by atoms with van der Waals surface area (Å²) < 4.78 is 33.5. The molecule has 0 aliphatic carbocycles. The lowest BCUT2D eigenvalue weighted by Crippen LogP contribution is -2.60. The summed E-state index contributed by atoms with van der Waals surface area (Å²) in [4.78, 5) is 3.88. The Morgan fingerprint density at radius 1 is 0.620 bits per heavy atom. The number of benzene rings is 5. The minimum atomic E-state index is -0.539. The quantitative estimate of drug-likeness (QED) is 0.0576. The molecule has 1 aliphatic heterocycles. The van der Waals surface area contributed by atoms with E-state index in [0.29, 0.717) is 30.5 Å². The number of hydrogen-bond donors (Lipinski definition) is 0. The van der Waals surface area contributed by atoms with Crippen LogP contribution in [0.25, 0.3) is 10.4 Å². The average Bonchev–Trinajstić information content (AvgIpc) is 3.16. The minimum Gasteiger partial charge on any atom is -0.374 e. The minimum absolute atomic E-state index is 0.220. The van der Waals surface area contributed by atoms with Crippen LogP contribution in [0, 0.1) is 0 Å². The highest BCUT2D eigenvalue weighted by atomic mass is 35.5. The van der Waals surface area contributed by atoms with E-state index in [1.54, 1.807) is 23.9 Å². The maximum atomic E-state index is 8.82. The first-order valence-electron chi connectivity index (χ1n) is 16.4. The lowest BCUT2D eigenvalue weighted by molar-refractivity contribution is -0.254. The maximum absolute atomic E-state index is 8.82. The molecule has 256 valence electrons. The second-order valence-electron chi connectivity index (χ2n) is 11.7. The monoisotopic (exact) mass is 707 g/mol. The highest BCUT2D eigenvalue weighted by Crippen LogP contribution is 2.38. The van der Waals surface area contributed by atoms with Gasteiger partial charge < -0.3 is 23.7 Å². The molecule has 0 aromatic heterocycles. The van der Waals surface area contributed by atoms with E-state index in [9.17, 15) is 0 Å². The van der Waals surface area contributed by atoms with Gasteiger partial charge in [0.1, 0.15) is 29.9 Å². The van der Waals surface area contributed by atoms with Gasteiger partial charge in [-0.3, -0.25) is 0 Å². The Morgan fingerprint density at radius 2 is 1.14 bits per heavy atom. The molecule has 5 aromatic carbocycles. The van der Waals surface area contributed by atoms with Gasteiger partial charge in [-0.2, -0.15) is 0 Å². The van der Waals surface area contributed by atoms with Gasteiger partial charge in [0.2, 0.25) is 0 Å². The number of azide groups is 1. The number of rotatable bonds is 16. The number of thioether (sulfide) groups is 1. The predicted octanol–water partition coefficient (Wildman–Crippen LogP) is 10.1. The Kier molecular flexibility index (Phi) is 13.4. The summed E-state index contributed by atoms with van der Waals surface area (Å²) in [6.07, 6.45) is -2.05. The van der Waals surface area contributed by atoms with Crippen LogP contribution in [0.4, 0.5) is 5.69 Å². The molecule has 50 heavy (non-hydrogen) atoms. The summed E-state index contributed by atoms with van der Waals surface area (Å²) in [5.74, 6) is 0. The Bertz CT molecular complexity index is 1800. The fraction of sp³-hybridized carbons (Fsp3) is 0.250. The zero-order valence-electron chi connectivity index (χ0n) is 27.4. The molecule has 0 saturated carbocycles. The fourth-order valence-corrected chi connectivity index (χ4v) is 7.06. The van der Waals surface area contributed by atoms with Gasteiger partial charge in [-0.15, -0.1) is 0 Å². The largest absolute Gasteiger partial charge is 0.374 e. The Morgan fingerprint density at radius 3 is 1.68 bits per heavy atom. The van der Waals surface area contributed by atoms with Crippen molar-refractivity contribution in [1.82, 2.24) is 0 Å². The molecule has 1 saturated heterocycles. The molecule has 5 aromatic rings. The van der Waals surface area contributed by atoms with Crippen molar-refractivity contribution in [3.63, 3.8) is 0 Å². The first-order valence-corrected chi connectivity index (χ1v) is 17.7. The predicted molar refractivity (Wildman–Crippen MR) is 196 cm³/mol. The zero-order chi connectivity index (χ0) is 34.4. The lowest BCUT2D eigenvalue weighted by Gasteiger charge is -2.46. The van der Waals surface area contributed by atoms with E-state index in [4.69, 9.17) is 40.8 Å². The summed E-state index contributed by atoms with van der Waals surface area (Å²) in [6, 6.07) is 45.7.